The van der Waals surface area contributed by atoms with Gasteiger partial charge in [0.2, 0.25) is 0 Å². The third kappa shape index (κ3) is 4.37. The Kier molecular flexibility index (Phi) is 6.28. The highest BCUT2D eigenvalue weighted by Crippen LogP contribution is 2.18. The molecule has 0 bridgehead atoms. The van der Waals surface area contributed by atoms with Crippen LogP contribution in [0.5, 0.6) is 0 Å². The molecule has 2 unspecified atom stereocenters. The van der Waals surface area contributed by atoms with Gasteiger partial charge in [-0.15, -0.1) is 0 Å². The van der Waals surface area contributed by atoms with E-state index < -0.39 is 0 Å². The molecule has 1 saturated heterocycles. The minimum absolute atomic E-state index is 0.313. The van der Waals surface area contributed by atoms with E-state index in [2.05, 4.69) is 18.7 Å². The summed E-state index contributed by atoms with van der Waals surface area (Å²) >= 11 is 0. The maximum absolute atomic E-state index is 5.80. The second kappa shape index (κ2) is 7.22. The second-order valence-corrected chi connectivity index (χ2v) is 4.73. The van der Waals surface area contributed by atoms with Gasteiger partial charge in [-0.2, -0.15) is 0 Å². The molecule has 0 saturated carbocycles. The second-order valence-electron chi connectivity index (χ2n) is 4.73. The fraction of sp³-hybridized carbons (Fsp3) is 1.00. The van der Waals surface area contributed by atoms with E-state index in [0.29, 0.717) is 24.8 Å². The molecule has 1 fully saturated rings. The normalized spacial score (nSPS) is 27.6. The molecule has 0 aliphatic carbocycles. The van der Waals surface area contributed by atoms with Crippen LogP contribution in [0.25, 0.3) is 0 Å². The topological polar surface area (TPSA) is 47.7 Å². The van der Waals surface area contributed by atoms with E-state index in [1.165, 1.54) is 0 Å². The Bertz CT molecular complexity index is 188. The summed E-state index contributed by atoms with van der Waals surface area (Å²) in [5.41, 5.74) is 5.80. The van der Waals surface area contributed by atoms with Gasteiger partial charge in [-0.25, -0.2) is 0 Å². The molecule has 1 heterocycles. The lowest BCUT2D eigenvalue weighted by atomic mass is 9.99. The van der Waals surface area contributed by atoms with Gasteiger partial charge in [0, 0.05) is 32.8 Å². The lowest BCUT2D eigenvalue weighted by Gasteiger charge is -2.38. The Morgan fingerprint density at radius 2 is 2.19 bits per heavy atom. The van der Waals surface area contributed by atoms with Crippen LogP contribution in [-0.4, -0.2) is 56.5 Å². The number of nitrogens with two attached hydrogens (primary N) is 1. The molecule has 0 amide bonds. The molecule has 4 heteroatoms. The van der Waals surface area contributed by atoms with Crippen LogP contribution < -0.4 is 5.73 Å². The summed E-state index contributed by atoms with van der Waals surface area (Å²) in [5, 5.41) is 0. The first-order valence-electron chi connectivity index (χ1n) is 6.25. The number of piperidine rings is 1. The van der Waals surface area contributed by atoms with Gasteiger partial charge in [-0.05, 0) is 26.7 Å². The summed E-state index contributed by atoms with van der Waals surface area (Å²) in [6.07, 6.45) is 2.85. The number of nitrogens with zero attached hydrogens (tertiary/aromatic N) is 1. The predicted molar refractivity (Wildman–Crippen MR) is 65.5 cm³/mol. The zero-order valence-electron chi connectivity index (χ0n) is 10.8. The maximum Gasteiger partial charge on any atom is 0.0599 e. The van der Waals surface area contributed by atoms with Crippen molar-refractivity contribution in [3.8, 4) is 0 Å². The van der Waals surface area contributed by atoms with E-state index in [-0.39, 0.29) is 0 Å². The molecule has 2 N–H and O–H groups in total. The van der Waals surface area contributed by atoms with Crippen molar-refractivity contribution in [3.63, 3.8) is 0 Å². The summed E-state index contributed by atoms with van der Waals surface area (Å²) < 4.78 is 11.0. The lowest BCUT2D eigenvalue weighted by molar-refractivity contribution is -0.00603. The summed E-state index contributed by atoms with van der Waals surface area (Å²) in [6, 6.07) is 0.453. The van der Waals surface area contributed by atoms with Crippen LogP contribution in [0.3, 0.4) is 0 Å². The van der Waals surface area contributed by atoms with Crippen molar-refractivity contribution < 1.29 is 9.47 Å². The van der Waals surface area contributed by atoms with Crippen molar-refractivity contribution in [2.75, 3.05) is 33.4 Å². The molecule has 0 aromatic heterocycles. The van der Waals surface area contributed by atoms with Crippen LogP contribution >= 0.6 is 0 Å². The predicted octanol–water partition coefficient (Wildman–Crippen LogP) is 0.850. The monoisotopic (exact) mass is 230 g/mol. The standard InChI is InChI=1S/C12H26N2O2/c1-10(2)16-7-6-14-5-4-12(15-3)8-11(14)9-13/h10-12H,4-9,13H2,1-3H3. The van der Waals surface area contributed by atoms with Crippen LogP contribution in [0, 0.1) is 0 Å². The first kappa shape index (κ1) is 13.9. The number of hydrogen-bond donors (Lipinski definition) is 1. The van der Waals surface area contributed by atoms with Crippen molar-refractivity contribution in [3.05, 3.63) is 0 Å². The van der Waals surface area contributed by atoms with Crippen LogP contribution in [-0.2, 0) is 9.47 Å². The van der Waals surface area contributed by atoms with Crippen LogP contribution in [0.4, 0.5) is 0 Å². The van der Waals surface area contributed by atoms with E-state index in [9.17, 15) is 0 Å². The average Bonchev–Trinajstić information content (AvgIpc) is 2.29. The lowest BCUT2D eigenvalue weighted by Crippen LogP contribution is -2.49. The van der Waals surface area contributed by atoms with Gasteiger partial charge in [-0.1, -0.05) is 0 Å². The Morgan fingerprint density at radius 3 is 2.75 bits per heavy atom. The first-order valence-corrected chi connectivity index (χ1v) is 6.25. The molecule has 0 aromatic rings. The zero-order valence-corrected chi connectivity index (χ0v) is 10.8. The fourth-order valence-electron chi connectivity index (χ4n) is 2.22. The van der Waals surface area contributed by atoms with Gasteiger partial charge in [0.25, 0.3) is 0 Å². The molecule has 1 aliphatic heterocycles. The minimum atomic E-state index is 0.313. The quantitative estimate of drug-likeness (QED) is 0.735. The van der Waals surface area contributed by atoms with Crippen LogP contribution in [0.15, 0.2) is 0 Å². The molecule has 4 nitrogen and oxygen atoms in total. The van der Waals surface area contributed by atoms with E-state index in [1.807, 2.05) is 0 Å². The van der Waals surface area contributed by atoms with Crippen LogP contribution in [0.2, 0.25) is 0 Å². The van der Waals surface area contributed by atoms with Crippen molar-refractivity contribution in [1.29, 1.82) is 0 Å². The first-order chi connectivity index (χ1) is 7.67. The maximum atomic E-state index is 5.80. The van der Waals surface area contributed by atoms with Crippen molar-refractivity contribution in [1.82, 2.24) is 4.90 Å². The third-order valence-corrected chi connectivity index (χ3v) is 3.22. The summed E-state index contributed by atoms with van der Waals surface area (Å²) in [7, 11) is 1.79. The number of ether oxygens (including phenoxy) is 2. The fourth-order valence-corrected chi connectivity index (χ4v) is 2.22. The van der Waals surface area contributed by atoms with Gasteiger partial charge in [0.1, 0.15) is 0 Å². The Morgan fingerprint density at radius 1 is 1.44 bits per heavy atom. The number of methoxy groups -OCH3 is 1. The smallest absolute Gasteiger partial charge is 0.0599 e. The Hall–Kier alpha value is -0.160. The highest BCUT2D eigenvalue weighted by Gasteiger charge is 2.26. The summed E-state index contributed by atoms with van der Waals surface area (Å²) in [5.74, 6) is 0. The van der Waals surface area contributed by atoms with E-state index >= 15 is 0 Å². The van der Waals surface area contributed by atoms with Gasteiger partial charge in [-0.3, -0.25) is 4.90 Å². The van der Waals surface area contributed by atoms with Gasteiger partial charge < -0.3 is 15.2 Å². The number of rotatable bonds is 6. The molecule has 96 valence electrons. The zero-order chi connectivity index (χ0) is 12.0. The highest BCUT2D eigenvalue weighted by atomic mass is 16.5. The Labute approximate surface area is 99.1 Å². The molecule has 1 aliphatic rings. The van der Waals surface area contributed by atoms with Crippen molar-refractivity contribution in [2.24, 2.45) is 5.73 Å². The molecule has 0 aromatic carbocycles. The molecule has 16 heavy (non-hydrogen) atoms. The van der Waals surface area contributed by atoms with Gasteiger partial charge in [0.05, 0.1) is 18.8 Å². The summed E-state index contributed by atoms with van der Waals surface area (Å²) in [6.45, 7) is 7.70. The van der Waals surface area contributed by atoms with E-state index in [4.69, 9.17) is 15.2 Å². The third-order valence-electron chi connectivity index (χ3n) is 3.22. The SMILES string of the molecule is COC1CCN(CCOC(C)C)C(CN)C1. The number of likely N-dealkylation sites (tertiary alicyclic amines) is 1. The highest BCUT2D eigenvalue weighted by molar-refractivity contribution is 4.82. The van der Waals surface area contributed by atoms with Gasteiger partial charge in [0.15, 0.2) is 0 Å². The number of hydrogen-bond acceptors (Lipinski definition) is 4. The Balaban J connectivity index is 2.29. The molecular weight excluding hydrogens is 204 g/mol. The van der Waals surface area contributed by atoms with Crippen molar-refractivity contribution >= 4 is 0 Å². The largest absolute Gasteiger partial charge is 0.381 e. The molecule has 1 rings (SSSR count). The van der Waals surface area contributed by atoms with Crippen LogP contribution in [0.1, 0.15) is 26.7 Å². The van der Waals surface area contributed by atoms with E-state index in [0.717, 1.165) is 32.5 Å². The van der Waals surface area contributed by atoms with Crippen molar-refractivity contribution in [2.45, 2.75) is 44.9 Å². The molecule has 0 radical (unpaired) electrons. The van der Waals surface area contributed by atoms with E-state index in [1.54, 1.807) is 7.11 Å². The molecule has 0 spiro atoms. The molecular formula is C12H26N2O2. The minimum Gasteiger partial charge on any atom is -0.381 e. The average molecular weight is 230 g/mol. The van der Waals surface area contributed by atoms with Gasteiger partial charge >= 0.3 is 0 Å². The molecule has 2 atom stereocenters. The summed E-state index contributed by atoms with van der Waals surface area (Å²) in [4.78, 5) is 2.43.